The summed E-state index contributed by atoms with van der Waals surface area (Å²) in [6.07, 6.45) is 1.65. The summed E-state index contributed by atoms with van der Waals surface area (Å²) in [5.41, 5.74) is 0. The zero-order chi connectivity index (χ0) is 8.53. The van der Waals surface area contributed by atoms with E-state index in [4.69, 9.17) is 5.11 Å². The van der Waals surface area contributed by atoms with Crippen molar-refractivity contribution in [3.63, 3.8) is 0 Å². The minimum atomic E-state index is -0.258. The van der Waals surface area contributed by atoms with Crippen molar-refractivity contribution in [2.24, 2.45) is 0 Å². The first-order chi connectivity index (χ1) is 5.35. The van der Waals surface area contributed by atoms with Gasteiger partial charge >= 0.3 is 0 Å². The van der Waals surface area contributed by atoms with Crippen LogP contribution in [-0.4, -0.2) is 42.9 Å². The molecule has 0 atom stereocenters. The molecule has 0 aromatic carbocycles. The molecule has 0 saturated heterocycles. The molecule has 0 amide bonds. The van der Waals surface area contributed by atoms with Gasteiger partial charge in [-0.1, -0.05) is 6.92 Å². The predicted molar refractivity (Wildman–Crippen MR) is 44.4 cm³/mol. The molecule has 68 valence electrons. The lowest BCUT2D eigenvalue weighted by atomic mass is 10.3. The van der Waals surface area contributed by atoms with E-state index in [0.717, 1.165) is 19.5 Å². The van der Waals surface area contributed by atoms with Crippen molar-refractivity contribution in [1.82, 2.24) is 4.90 Å². The van der Waals surface area contributed by atoms with Gasteiger partial charge in [-0.15, -0.1) is 0 Å². The van der Waals surface area contributed by atoms with E-state index >= 15 is 0 Å². The molecule has 0 bridgehead atoms. The number of aliphatic hydroxyl groups excluding tert-OH is 1. The second kappa shape index (κ2) is 7.95. The summed E-state index contributed by atoms with van der Waals surface area (Å²) in [6, 6.07) is 0. The maximum atomic E-state index is 11.7. The molecule has 2 nitrogen and oxygen atoms in total. The van der Waals surface area contributed by atoms with Gasteiger partial charge in [-0.25, -0.2) is 0 Å². The normalized spacial score (nSPS) is 10.9. The van der Waals surface area contributed by atoms with Crippen LogP contribution >= 0.6 is 0 Å². The molecule has 0 aromatic rings. The molecule has 0 radical (unpaired) electrons. The van der Waals surface area contributed by atoms with Crippen LogP contribution in [0.5, 0.6) is 0 Å². The summed E-state index contributed by atoms with van der Waals surface area (Å²) in [6.45, 7) is 4.40. The van der Waals surface area contributed by atoms with Gasteiger partial charge in [-0.05, 0) is 19.4 Å². The Hall–Kier alpha value is -0.150. The third-order valence-corrected chi connectivity index (χ3v) is 1.56. The van der Waals surface area contributed by atoms with Gasteiger partial charge in [-0.3, -0.25) is 4.39 Å². The molecule has 0 unspecified atom stereocenters. The summed E-state index contributed by atoms with van der Waals surface area (Å²) < 4.78 is 11.7. The van der Waals surface area contributed by atoms with Gasteiger partial charge in [0.2, 0.25) is 0 Å². The van der Waals surface area contributed by atoms with Gasteiger partial charge in [0.25, 0.3) is 0 Å². The van der Waals surface area contributed by atoms with E-state index in [2.05, 4.69) is 11.8 Å². The largest absolute Gasteiger partial charge is 0.395 e. The molecule has 0 rings (SSSR count). The highest BCUT2D eigenvalue weighted by Crippen LogP contribution is 1.93. The van der Waals surface area contributed by atoms with Crippen molar-refractivity contribution >= 4 is 0 Å². The van der Waals surface area contributed by atoms with Crippen molar-refractivity contribution in [3.8, 4) is 0 Å². The lowest BCUT2D eigenvalue weighted by Crippen LogP contribution is -2.29. The SMILES string of the molecule is CCCN(CCO)CCCF. The molecule has 0 saturated carbocycles. The van der Waals surface area contributed by atoms with E-state index in [1.54, 1.807) is 0 Å². The van der Waals surface area contributed by atoms with Crippen LogP contribution in [0.25, 0.3) is 0 Å². The molecular formula is C8H18FNO. The number of rotatable bonds is 7. The summed E-state index contributed by atoms with van der Waals surface area (Å²) in [4.78, 5) is 2.08. The summed E-state index contributed by atoms with van der Waals surface area (Å²) in [5.74, 6) is 0. The highest BCUT2D eigenvalue weighted by molar-refractivity contribution is 4.55. The number of hydrogen-bond acceptors (Lipinski definition) is 2. The summed E-state index contributed by atoms with van der Waals surface area (Å²) >= 11 is 0. The van der Waals surface area contributed by atoms with E-state index in [9.17, 15) is 4.39 Å². The Balaban J connectivity index is 3.34. The van der Waals surface area contributed by atoms with Crippen LogP contribution in [0.15, 0.2) is 0 Å². The molecule has 0 aliphatic heterocycles. The molecule has 11 heavy (non-hydrogen) atoms. The molecule has 0 fully saturated rings. The predicted octanol–water partition coefficient (Wildman–Crippen LogP) is 1.05. The maximum absolute atomic E-state index is 11.7. The van der Waals surface area contributed by atoms with Crippen LogP contribution in [-0.2, 0) is 0 Å². The van der Waals surface area contributed by atoms with Crippen LogP contribution < -0.4 is 0 Å². The molecule has 1 N–H and O–H groups in total. The molecule has 0 spiro atoms. The fraction of sp³-hybridized carbons (Fsp3) is 1.00. The first-order valence-corrected chi connectivity index (χ1v) is 4.24. The molecule has 0 aliphatic carbocycles. The second-order valence-corrected chi connectivity index (χ2v) is 2.61. The number of nitrogens with zero attached hydrogens (tertiary/aromatic N) is 1. The Morgan fingerprint density at radius 1 is 1.27 bits per heavy atom. The van der Waals surface area contributed by atoms with E-state index in [1.807, 2.05) is 0 Å². The fourth-order valence-electron chi connectivity index (χ4n) is 1.08. The Kier molecular flexibility index (Phi) is 7.84. The number of alkyl halides is 1. The maximum Gasteiger partial charge on any atom is 0.0906 e. The fourth-order valence-corrected chi connectivity index (χ4v) is 1.08. The van der Waals surface area contributed by atoms with Crippen molar-refractivity contribution in [2.45, 2.75) is 19.8 Å². The quantitative estimate of drug-likeness (QED) is 0.606. The Morgan fingerprint density at radius 2 is 2.00 bits per heavy atom. The third-order valence-electron chi connectivity index (χ3n) is 1.56. The number of aliphatic hydroxyl groups is 1. The van der Waals surface area contributed by atoms with Crippen LogP contribution in [0.3, 0.4) is 0 Å². The Morgan fingerprint density at radius 3 is 2.45 bits per heavy atom. The first-order valence-electron chi connectivity index (χ1n) is 4.24. The Bertz CT molecular complexity index is 74.5. The van der Waals surface area contributed by atoms with Crippen molar-refractivity contribution in [1.29, 1.82) is 0 Å². The minimum Gasteiger partial charge on any atom is -0.395 e. The van der Waals surface area contributed by atoms with Gasteiger partial charge in [0.15, 0.2) is 0 Å². The lowest BCUT2D eigenvalue weighted by Gasteiger charge is -2.19. The van der Waals surface area contributed by atoms with Crippen LogP contribution in [0.4, 0.5) is 4.39 Å². The average Bonchev–Trinajstić information content (AvgIpc) is 2.01. The molecule has 3 heteroatoms. The standard InChI is InChI=1S/C8H18FNO/c1-2-5-10(7-8-11)6-3-4-9/h11H,2-8H2,1H3. The molecular weight excluding hydrogens is 145 g/mol. The second-order valence-electron chi connectivity index (χ2n) is 2.61. The van der Waals surface area contributed by atoms with Gasteiger partial charge in [0.1, 0.15) is 0 Å². The molecule has 0 aromatic heterocycles. The van der Waals surface area contributed by atoms with Gasteiger partial charge in [-0.2, -0.15) is 0 Å². The highest BCUT2D eigenvalue weighted by atomic mass is 19.1. The van der Waals surface area contributed by atoms with E-state index < -0.39 is 0 Å². The van der Waals surface area contributed by atoms with Crippen LogP contribution in [0.1, 0.15) is 19.8 Å². The van der Waals surface area contributed by atoms with Crippen molar-refractivity contribution < 1.29 is 9.50 Å². The van der Waals surface area contributed by atoms with Crippen molar-refractivity contribution in [2.75, 3.05) is 32.9 Å². The molecule has 0 heterocycles. The van der Waals surface area contributed by atoms with Gasteiger partial charge < -0.3 is 10.0 Å². The average molecular weight is 163 g/mol. The lowest BCUT2D eigenvalue weighted by molar-refractivity contribution is 0.190. The summed E-state index contributed by atoms with van der Waals surface area (Å²) in [5, 5.41) is 8.63. The Labute approximate surface area is 68.0 Å². The topological polar surface area (TPSA) is 23.5 Å². The van der Waals surface area contributed by atoms with Crippen LogP contribution in [0.2, 0.25) is 0 Å². The zero-order valence-electron chi connectivity index (χ0n) is 7.22. The van der Waals surface area contributed by atoms with Gasteiger partial charge in [0.05, 0.1) is 13.3 Å². The summed E-state index contributed by atoms with van der Waals surface area (Å²) in [7, 11) is 0. The van der Waals surface area contributed by atoms with Gasteiger partial charge in [0, 0.05) is 13.1 Å². The van der Waals surface area contributed by atoms with Crippen molar-refractivity contribution in [3.05, 3.63) is 0 Å². The van der Waals surface area contributed by atoms with E-state index in [1.165, 1.54) is 0 Å². The first kappa shape index (κ1) is 10.8. The smallest absolute Gasteiger partial charge is 0.0906 e. The monoisotopic (exact) mass is 163 g/mol. The van der Waals surface area contributed by atoms with E-state index in [0.29, 0.717) is 13.0 Å². The number of halogens is 1. The minimum absolute atomic E-state index is 0.173. The van der Waals surface area contributed by atoms with E-state index in [-0.39, 0.29) is 13.3 Å². The number of hydrogen-bond donors (Lipinski definition) is 1. The third kappa shape index (κ3) is 6.26. The van der Waals surface area contributed by atoms with Crippen LogP contribution in [0, 0.1) is 0 Å². The highest BCUT2D eigenvalue weighted by Gasteiger charge is 2.00. The zero-order valence-corrected chi connectivity index (χ0v) is 7.22. The molecule has 0 aliphatic rings.